The monoisotopic (exact) mass is 645 g/mol. The van der Waals surface area contributed by atoms with E-state index in [-0.39, 0.29) is 17.5 Å². The molecular weight excluding hydrogens is 628 g/mol. The van der Waals surface area contributed by atoms with Crippen LogP contribution in [-0.4, -0.2) is 85.9 Å². The molecule has 2 aromatic carbocycles. The Labute approximate surface area is 257 Å². The zero-order valence-electron chi connectivity index (χ0n) is 23.6. The van der Waals surface area contributed by atoms with Gasteiger partial charge in [0.1, 0.15) is 24.3 Å². The summed E-state index contributed by atoms with van der Waals surface area (Å²) < 4.78 is 32.1. The molecule has 0 atom stereocenters. The van der Waals surface area contributed by atoms with Crippen molar-refractivity contribution in [3.8, 4) is 11.4 Å². The van der Waals surface area contributed by atoms with E-state index in [1.807, 2.05) is 0 Å². The number of amides is 1. The molecule has 7 rings (SSSR count). The average Bonchev–Trinajstić information content (AvgIpc) is 3.79. The molecule has 22 heteroatoms. The lowest BCUT2D eigenvalue weighted by atomic mass is 10.3. The van der Waals surface area contributed by atoms with Gasteiger partial charge in [0, 0.05) is 6.54 Å². The number of aryl methyl sites for hydroxylation is 1. The van der Waals surface area contributed by atoms with E-state index in [1.54, 1.807) is 6.92 Å². The molecule has 0 aliphatic heterocycles. The van der Waals surface area contributed by atoms with Crippen LogP contribution in [0.2, 0.25) is 0 Å². The Morgan fingerprint density at radius 2 is 1.28 bits per heavy atom. The molecule has 0 fully saturated rings. The van der Waals surface area contributed by atoms with E-state index >= 15 is 0 Å². The molecule has 0 radical (unpaired) electrons. The number of halogens is 2. The molecule has 2 N–H and O–H groups in total. The molecule has 47 heavy (non-hydrogen) atoms. The molecular formula is C25H17F2N15O5. The van der Waals surface area contributed by atoms with Crippen LogP contribution in [0.15, 0.2) is 70.8 Å². The van der Waals surface area contributed by atoms with Crippen LogP contribution in [0.3, 0.4) is 0 Å². The molecule has 0 bridgehead atoms. The van der Waals surface area contributed by atoms with Crippen LogP contribution in [0, 0.1) is 11.6 Å². The summed E-state index contributed by atoms with van der Waals surface area (Å²) in [5, 5.41) is 37.6. The van der Waals surface area contributed by atoms with Gasteiger partial charge in [-0.15, -0.1) is 0 Å². The summed E-state index contributed by atoms with van der Waals surface area (Å²) in [5.74, 6) is -2.91. The summed E-state index contributed by atoms with van der Waals surface area (Å²) in [6.07, 6.45) is 2.48. The van der Waals surface area contributed by atoms with Crippen LogP contribution < -0.4 is 16.4 Å². The number of carboxylic acid groups (broad SMARTS) is 1. The van der Waals surface area contributed by atoms with Gasteiger partial charge in [-0.05, 0) is 65.9 Å². The number of carboxylic acids is 1. The Balaban J connectivity index is 0.000000172. The fourth-order valence-electron chi connectivity index (χ4n) is 4.00. The number of carbonyl (C=O) groups excluding carboxylic acids is 1. The predicted molar refractivity (Wildman–Crippen MR) is 151 cm³/mol. The van der Waals surface area contributed by atoms with Crippen molar-refractivity contribution in [2.45, 2.75) is 13.5 Å². The van der Waals surface area contributed by atoms with Crippen LogP contribution in [-0.2, 0) is 6.54 Å². The van der Waals surface area contributed by atoms with Crippen molar-refractivity contribution in [3.05, 3.63) is 105 Å². The van der Waals surface area contributed by atoms with E-state index in [0.717, 1.165) is 4.52 Å². The largest absolute Gasteiger partial charge is 0.476 e. The summed E-state index contributed by atoms with van der Waals surface area (Å²) in [6.45, 7) is 2.22. The molecule has 0 saturated carbocycles. The number of anilines is 1. The van der Waals surface area contributed by atoms with Crippen LogP contribution >= 0.6 is 0 Å². The quantitative estimate of drug-likeness (QED) is 0.238. The summed E-state index contributed by atoms with van der Waals surface area (Å²) in [4.78, 5) is 54.5. The minimum absolute atomic E-state index is 0.0339. The minimum Gasteiger partial charge on any atom is -0.476 e. The van der Waals surface area contributed by atoms with Crippen LogP contribution in [0.5, 0.6) is 0 Å². The third-order valence-corrected chi connectivity index (χ3v) is 6.18. The number of benzene rings is 2. The highest BCUT2D eigenvalue weighted by Crippen LogP contribution is 2.11. The van der Waals surface area contributed by atoms with E-state index < -0.39 is 46.0 Å². The van der Waals surface area contributed by atoms with E-state index in [2.05, 4.69) is 51.2 Å². The lowest BCUT2D eigenvalue weighted by Gasteiger charge is -2.04. The number of aromatic nitrogens is 14. The van der Waals surface area contributed by atoms with Gasteiger partial charge in [-0.1, -0.05) is 5.10 Å². The lowest BCUT2D eigenvalue weighted by molar-refractivity contribution is 0.0686. The van der Waals surface area contributed by atoms with Gasteiger partial charge in [0.15, 0.2) is 0 Å². The lowest BCUT2D eigenvalue weighted by Crippen LogP contribution is -2.28. The highest BCUT2D eigenvalue weighted by atomic mass is 19.1. The number of nitrogens with one attached hydrogen (secondary N) is 1. The smallest absolute Gasteiger partial charge is 0.362 e. The van der Waals surface area contributed by atoms with E-state index in [9.17, 15) is 28.0 Å². The Bertz CT molecular complexity index is 2390. The molecule has 20 nitrogen and oxygen atoms in total. The number of hydrogen-bond acceptors (Lipinski definition) is 13. The molecule has 0 aliphatic rings. The van der Waals surface area contributed by atoms with Gasteiger partial charge in [0.25, 0.3) is 17.5 Å². The third-order valence-electron chi connectivity index (χ3n) is 6.18. The zero-order valence-corrected chi connectivity index (χ0v) is 23.6. The number of fused-ring (bicyclic) bond motifs is 2. The Hall–Kier alpha value is -7.13. The number of tetrazole rings is 1. The Morgan fingerprint density at radius 3 is 1.77 bits per heavy atom. The van der Waals surface area contributed by atoms with Gasteiger partial charge < -0.3 is 5.11 Å². The number of carbonyl (C=O) groups is 2. The van der Waals surface area contributed by atoms with Gasteiger partial charge in [-0.25, -0.2) is 18.3 Å². The van der Waals surface area contributed by atoms with E-state index in [1.165, 1.54) is 79.7 Å². The molecule has 5 aromatic heterocycles. The van der Waals surface area contributed by atoms with Gasteiger partial charge in [-0.3, -0.25) is 19.7 Å². The summed E-state index contributed by atoms with van der Waals surface area (Å²) in [7, 11) is 0. The number of nitrogens with zero attached hydrogens (tertiary/aromatic N) is 14. The standard InChI is InChI=1S/C14H11FN10O2.C11H6FN5O3/c1-2-23-13(19-21-22-23)17-11(26)10-12(27)18-14-24(20-10)7-16-25(14)9-5-3-8(15)4-6-9;12-6-1-3-7(4-2-6)17-11-14-9(18)8(10(19)20)15-16(11)5-13-17/h3-7H,2H2,1H3,(H,17,19,22,26);1-5H,(H,19,20). The molecule has 5 heterocycles. The van der Waals surface area contributed by atoms with Crippen LogP contribution in [0.4, 0.5) is 14.7 Å². The molecule has 1 amide bonds. The maximum atomic E-state index is 13.1. The maximum absolute atomic E-state index is 13.1. The van der Waals surface area contributed by atoms with E-state index in [4.69, 9.17) is 5.11 Å². The fourth-order valence-corrected chi connectivity index (χ4v) is 4.00. The number of aromatic carboxylic acids is 1. The Morgan fingerprint density at radius 1 is 0.787 bits per heavy atom. The highest BCUT2D eigenvalue weighted by Gasteiger charge is 2.20. The average molecular weight is 646 g/mol. The van der Waals surface area contributed by atoms with Crippen LogP contribution in [0.25, 0.3) is 22.9 Å². The van der Waals surface area contributed by atoms with Crippen molar-refractivity contribution in [2.24, 2.45) is 0 Å². The van der Waals surface area contributed by atoms with Crippen molar-refractivity contribution in [2.75, 3.05) is 5.32 Å². The number of hydrogen-bond donors (Lipinski definition) is 2. The van der Waals surface area contributed by atoms with Gasteiger partial charge in [-0.2, -0.15) is 48.8 Å². The van der Waals surface area contributed by atoms with Crippen molar-refractivity contribution in [1.29, 1.82) is 0 Å². The normalized spacial score (nSPS) is 11.0. The molecule has 0 aliphatic carbocycles. The second-order valence-electron chi connectivity index (χ2n) is 9.14. The maximum Gasteiger partial charge on any atom is 0.362 e. The molecule has 7 aromatic rings. The summed E-state index contributed by atoms with van der Waals surface area (Å²) in [5.41, 5.74) is -2.02. The minimum atomic E-state index is -1.47. The van der Waals surface area contributed by atoms with Gasteiger partial charge in [0.2, 0.25) is 17.3 Å². The first kappa shape index (κ1) is 29.9. The first-order valence-corrected chi connectivity index (χ1v) is 13.1. The molecule has 0 spiro atoms. The first-order valence-electron chi connectivity index (χ1n) is 13.1. The van der Waals surface area contributed by atoms with E-state index in [0.29, 0.717) is 17.9 Å². The second-order valence-corrected chi connectivity index (χ2v) is 9.14. The molecule has 236 valence electrons. The molecule has 0 saturated heterocycles. The predicted octanol–water partition coefficient (Wildman–Crippen LogP) is -0.214. The topological polar surface area (TPSA) is 240 Å². The third kappa shape index (κ3) is 5.87. The van der Waals surface area contributed by atoms with Crippen molar-refractivity contribution in [3.63, 3.8) is 0 Å². The second kappa shape index (κ2) is 12.1. The Kier molecular flexibility index (Phi) is 7.70. The van der Waals surface area contributed by atoms with Gasteiger partial charge in [0.05, 0.1) is 11.4 Å². The number of rotatable bonds is 6. The molecule has 0 unspecified atom stereocenters. The fraction of sp³-hybridized carbons (Fsp3) is 0.0800. The summed E-state index contributed by atoms with van der Waals surface area (Å²) >= 11 is 0. The van der Waals surface area contributed by atoms with Crippen LogP contribution in [0.1, 0.15) is 27.9 Å². The zero-order chi connectivity index (χ0) is 33.2. The van der Waals surface area contributed by atoms with Crippen molar-refractivity contribution < 1.29 is 23.5 Å². The summed E-state index contributed by atoms with van der Waals surface area (Å²) in [6, 6.07) is 10.8. The SMILES string of the molecule is CCn1nnnc1NC(=O)c1nn2cnn(-c3ccc(F)cc3)c2nc1=O.O=C(O)c1nn2cnn(-c3ccc(F)cc3)c2nc1=O. The first-order chi connectivity index (χ1) is 22.6. The van der Waals surface area contributed by atoms with Gasteiger partial charge >= 0.3 is 17.1 Å². The highest BCUT2D eigenvalue weighted by molar-refractivity contribution is 6.01. The van der Waals surface area contributed by atoms with Crippen molar-refractivity contribution >= 4 is 29.4 Å². The van der Waals surface area contributed by atoms with Crippen molar-refractivity contribution in [1.82, 2.24) is 69.0 Å².